The van der Waals surface area contributed by atoms with Gasteiger partial charge in [-0.05, 0) is 18.6 Å². The largest absolute Gasteiger partial charge is 0.478 e. The van der Waals surface area contributed by atoms with E-state index in [4.69, 9.17) is 5.11 Å². The van der Waals surface area contributed by atoms with E-state index < -0.39 is 26.6 Å². The van der Waals surface area contributed by atoms with Crippen molar-refractivity contribution in [2.24, 2.45) is 0 Å². The first kappa shape index (κ1) is 13.0. The van der Waals surface area contributed by atoms with Gasteiger partial charge in [0.25, 0.3) is 10.0 Å². The van der Waals surface area contributed by atoms with Gasteiger partial charge in [-0.25, -0.2) is 4.79 Å². The fourth-order valence-electron chi connectivity index (χ4n) is 1.45. The Hall–Kier alpha value is -2.42. The molecule has 100 valence electrons. The van der Waals surface area contributed by atoms with Gasteiger partial charge in [-0.3, -0.25) is 14.8 Å². The molecule has 2 aromatic rings. The molecule has 0 aliphatic heterocycles. The standard InChI is InChI=1S/C10H10N4O4S/c1-6-2-7(4-11-3-6)14-19(17,18)9-8(10(15)16)5-12-13-9/h2-5,14H,1H3,(H,12,13)(H,15,16). The minimum atomic E-state index is -4.05. The highest BCUT2D eigenvalue weighted by Crippen LogP contribution is 2.17. The van der Waals surface area contributed by atoms with Crippen molar-refractivity contribution in [1.82, 2.24) is 15.2 Å². The number of anilines is 1. The molecule has 2 aromatic heterocycles. The molecule has 0 spiro atoms. The van der Waals surface area contributed by atoms with Crippen LogP contribution in [0.25, 0.3) is 0 Å². The maximum absolute atomic E-state index is 12.0. The molecule has 0 saturated heterocycles. The van der Waals surface area contributed by atoms with Crippen molar-refractivity contribution < 1.29 is 18.3 Å². The second kappa shape index (κ2) is 4.69. The summed E-state index contributed by atoms with van der Waals surface area (Å²) in [6.45, 7) is 1.75. The molecule has 0 radical (unpaired) electrons. The van der Waals surface area contributed by atoms with Crippen LogP contribution in [0.15, 0.2) is 29.7 Å². The minimum absolute atomic E-state index is 0.242. The van der Waals surface area contributed by atoms with Crippen LogP contribution in [0.2, 0.25) is 0 Å². The Morgan fingerprint density at radius 1 is 1.37 bits per heavy atom. The number of nitrogens with one attached hydrogen (secondary N) is 2. The zero-order valence-corrected chi connectivity index (χ0v) is 10.6. The summed E-state index contributed by atoms with van der Waals surface area (Å²) in [6, 6.07) is 1.57. The van der Waals surface area contributed by atoms with E-state index in [0.29, 0.717) is 0 Å². The molecule has 0 saturated carbocycles. The summed E-state index contributed by atoms with van der Waals surface area (Å²) in [6.07, 6.45) is 3.82. The highest BCUT2D eigenvalue weighted by atomic mass is 32.2. The molecule has 3 N–H and O–H groups in total. The van der Waals surface area contributed by atoms with E-state index in [-0.39, 0.29) is 5.69 Å². The Balaban J connectivity index is 2.38. The van der Waals surface area contributed by atoms with Gasteiger partial charge in [0, 0.05) is 6.20 Å². The van der Waals surface area contributed by atoms with E-state index in [1.165, 1.54) is 6.20 Å². The van der Waals surface area contributed by atoms with Crippen molar-refractivity contribution in [3.63, 3.8) is 0 Å². The lowest BCUT2D eigenvalue weighted by Crippen LogP contribution is -2.16. The lowest BCUT2D eigenvalue weighted by molar-refractivity contribution is 0.0692. The summed E-state index contributed by atoms with van der Waals surface area (Å²) in [5, 5.41) is 14.0. The second-order valence-electron chi connectivity index (χ2n) is 3.77. The van der Waals surface area contributed by atoms with Crippen molar-refractivity contribution in [3.05, 3.63) is 35.8 Å². The Kier molecular flexibility index (Phi) is 3.21. The van der Waals surface area contributed by atoms with Gasteiger partial charge in [-0.1, -0.05) is 0 Å². The van der Waals surface area contributed by atoms with E-state index in [2.05, 4.69) is 19.9 Å². The van der Waals surface area contributed by atoms with Crippen LogP contribution in [0.4, 0.5) is 5.69 Å². The summed E-state index contributed by atoms with van der Waals surface area (Å²) in [7, 11) is -4.05. The number of rotatable bonds is 4. The molecule has 0 unspecified atom stereocenters. The molecule has 19 heavy (non-hydrogen) atoms. The van der Waals surface area contributed by atoms with Crippen molar-refractivity contribution in [3.8, 4) is 0 Å². The van der Waals surface area contributed by atoms with Crippen LogP contribution in [0.5, 0.6) is 0 Å². The number of pyridine rings is 1. The van der Waals surface area contributed by atoms with Crippen LogP contribution in [-0.2, 0) is 10.0 Å². The third kappa shape index (κ3) is 2.71. The second-order valence-corrected chi connectivity index (χ2v) is 5.39. The molecule has 0 aliphatic carbocycles. The van der Waals surface area contributed by atoms with E-state index in [1.54, 1.807) is 19.2 Å². The highest BCUT2D eigenvalue weighted by molar-refractivity contribution is 7.92. The SMILES string of the molecule is Cc1cncc(NS(=O)(=O)c2[nH]ncc2C(=O)O)c1. The van der Waals surface area contributed by atoms with Gasteiger partial charge < -0.3 is 5.11 Å². The molecule has 0 atom stereocenters. The first-order chi connectivity index (χ1) is 8.90. The number of aromatic carboxylic acids is 1. The number of hydrogen-bond acceptors (Lipinski definition) is 5. The summed E-state index contributed by atoms with van der Waals surface area (Å²) in [5.74, 6) is -1.38. The van der Waals surface area contributed by atoms with Crippen LogP contribution >= 0.6 is 0 Å². The molecule has 8 nitrogen and oxygen atoms in total. The molecule has 2 rings (SSSR count). The molecular formula is C10H10N4O4S. The number of carbonyl (C=O) groups is 1. The fraction of sp³-hybridized carbons (Fsp3) is 0.100. The predicted octanol–water partition coefficient (Wildman–Crippen LogP) is 0.612. The molecule has 9 heteroatoms. The van der Waals surface area contributed by atoms with Crippen LogP contribution in [0.3, 0.4) is 0 Å². The van der Waals surface area contributed by atoms with Gasteiger partial charge >= 0.3 is 5.97 Å². The Morgan fingerprint density at radius 2 is 2.11 bits per heavy atom. The van der Waals surface area contributed by atoms with E-state index >= 15 is 0 Å². The van der Waals surface area contributed by atoms with Crippen molar-refractivity contribution in [1.29, 1.82) is 0 Å². The number of sulfonamides is 1. The van der Waals surface area contributed by atoms with E-state index in [9.17, 15) is 13.2 Å². The molecular weight excluding hydrogens is 272 g/mol. The first-order valence-corrected chi connectivity index (χ1v) is 6.59. The number of aromatic nitrogens is 3. The van der Waals surface area contributed by atoms with Gasteiger partial charge in [0.2, 0.25) is 0 Å². The Bertz CT molecular complexity index is 723. The normalized spacial score (nSPS) is 11.2. The van der Waals surface area contributed by atoms with Gasteiger partial charge in [-0.2, -0.15) is 13.5 Å². The minimum Gasteiger partial charge on any atom is -0.478 e. The van der Waals surface area contributed by atoms with Crippen LogP contribution < -0.4 is 4.72 Å². The smallest absolute Gasteiger partial charge is 0.340 e. The quantitative estimate of drug-likeness (QED) is 0.754. The number of aryl methyl sites for hydroxylation is 1. The third-order valence-electron chi connectivity index (χ3n) is 2.23. The number of nitrogens with zero attached hydrogens (tertiary/aromatic N) is 2. The molecule has 0 aromatic carbocycles. The molecule has 0 bridgehead atoms. The Labute approximate surface area is 108 Å². The third-order valence-corrected chi connectivity index (χ3v) is 3.58. The highest BCUT2D eigenvalue weighted by Gasteiger charge is 2.24. The Morgan fingerprint density at radius 3 is 2.74 bits per heavy atom. The molecule has 0 fully saturated rings. The number of aromatic amines is 1. The number of H-pyrrole nitrogens is 1. The monoisotopic (exact) mass is 282 g/mol. The van der Waals surface area contributed by atoms with E-state index in [1.807, 2.05) is 0 Å². The van der Waals surface area contributed by atoms with Gasteiger partial charge in [0.1, 0.15) is 5.56 Å². The zero-order valence-electron chi connectivity index (χ0n) is 9.78. The maximum Gasteiger partial charge on any atom is 0.340 e. The first-order valence-electron chi connectivity index (χ1n) is 5.11. The average molecular weight is 282 g/mol. The van der Waals surface area contributed by atoms with Crippen LogP contribution in [-0.4, -0.2) is 34.7 Å². The summed E-state index contributed by atoms with van der Waals surface area (Å²) < 4.78 is 26.3. The molecule has 0 amide bonds. The van der Waals surface area contributed by atoms with Crippen molar-refractivity contribution >= 4 is 21.7 Å². The number of carboxylic acids is 1. The number of hydrogen-bond donors (Lipinski definition) is 3. The lowest BCUT2D eigenvalue weighted by Gasteiger charge is -2.07. The zero-order chi connectivity index (χ0) is 14.0. The van der Waals surface area contributed by atoms with Crippen molar-refractivity contribution in [2.45, 2.75) is 11.9 Å². The molecule has 2 heterocycles. The van der Waals surface area contributed by atoms with Crippen molar-refractivity contribution in [2.75, 3.05) is 4.72 Å². The predicted molar refractivity (Wildman–Crippen MR) is 65.3 cm³/mol. The van der Waals surface area contributed by atoms with Crippen LogP contribution in [0.1, 0.15) is 15.9 Å². The topological polar surface area (TPSA) is 125 Å². The average Bonchev–Trinajstić information content (AvgIpc) is 2.77. The number of carboxylic acid groups (broad SMARTS) is 1. The molecule has 0 aliphatic rings. The maximum atomic E-state index is 12.0. The van der Waals surface area contributed by atoms with Gasteiger partial charge in [-0.15, -0.1) is 0 Å². The summed E-state index contributed by atoms with van der Waals surface area (Å²) in [4.78, 5) is 14.7. The van der Waals surface area contributed by atoms with E-state index in [0.717, 1.165) is 11.8 Å². The summed E-state index contributed by atoms with van der Waals surface area (Å²) >= 11 is 0. The van der Waals surface area contributed by atoms with Gasteiger partial charge in [0.15, 0.2) is 5.03 Å². The van der Waals surface area contributed by atoms with Crippen LogP contribution in [0, 0.1) is 6.92 Å². The van der Waals surface area contributed by atoms with Gasteiger partial charge in [0.05, 0.1) is 18.1 Å². The fourth-order valence-corrected chi connectivity index (χ4v) is 2.57. The summed E-state index contributed by atoms with van der Waals surface area (Å²) in [5.41, 5.74) is 0.585. The lowest BCUT2D eigenvalue weighted by atomic mass is 10.3.